The van der Waals surface area contributed by atoms with Gasteiger partial charge in [0.1, 0.15) is 0 Å². The van der Waals surface area contributed by atoms with E-state index in [1.54, 1.807) is 11.0 Å². The standard InChI is InChI=1S/C13H23NO2/c1-2-9-14(10-11-15)13(16)8-7-12-5-3-4-6-12/h2,12,15H,1,3-11H2. The average Bonchev–Trinajstić information content (AvgIpc) is 2.78. The molecule has 92 valence electrons. The molecule has 0 bridgehead atoms. The Morgan fingerprint density at radius 2 is 2.12 bits per heavy atom. The van der Waals surface area contributed by atoms with Crippen LogP contribution in [0.5, 0.6) is 0 Å². The van der Waals surface area contributed by atoms with Gasteiger partial charge in [0.2, 0.25) is 5.91 Å². The summed E-state index contributed by atoms with van der Waals surface area (Å²) in [6, 6.07) is 0. The van der Waals surface area contributed by atoms with E-state index in [0.29, 0.717) is 19.5 Å². The van der Waals surface area contributed by atoms with Crippen LogP contribution in [0.15, 0.2) is 12.7 Å². The predicted octanol–water partition coefficient (Wildman–Crippen LogP) is 1.96. The second-order valence-electron chi connectivity index (χ2n) is 4.54. The van der Waals surface area contributed by atoms with Gasteiger partial charge in [-0.3, -0.25) is 4.79 Å². The molecular weight excluding hydrogens is 202 g/mol. The topological polar surface area (TPSA) is 40.5 Å². The van der Waals surface area contributed by atoms with Gasteiger partial charge in [0.15, 0.2) is 0 Å². The van der Waals surface area contributed by atoms with Gasteiger partial charge in [0, 0.05) is 19.5 Å². The van der Waals surface area contributed by atoms with Gasteiger partial charge in [-0.1, -0.05) is 31.8 Å². The zero-order chi connectivity index (χ0) is 11.8. The zero-order valence-corrected chi connectivity index (χ0v) is 10.0. The lowest BCUT2D eigenvalue weighted by atomic mass is 10.0. The molecule has 3 heteroatoms. The fourth-order valence-corrected chi connectivity index (χ4v) is 2.38. The summed E-state index contributed by atoms with van der Waals surface area (Å²) in [7, 11) is 0. The first-order valence-corrected chi connectivity index (χ1v) is 6.27. The van der Waals surface area contributed by atoms with E-state index in [-0.39, 0.29) is 12.5 Å². The third kappa shape index (κ3) is 4.35. The summed E-state index contributed by atoms with van der Waals surface area (Å²) < 4.78 is 0. The number of amides is 1. The van der Waals surface area contributed by atoms with Crippen LogP contribution < -0.4 is 0 Å². The van der Waals surface area contributed by atoms with E-state index >= 15 is 0 Å². The number of carbonyl (C=O) groups is 1. The minimum atomic E-state index is 0.0308. The maximum absolute atomic E-state index is 11.8. The van der Waals surface area contributed by atoms with E-state index in [9.17, 15) is 4.79 Å². The second-order valence-corrected chi connectivity index (χ2v) is 4.54. The molecule has 0 aliphatic heterocycles. The van der Waals surface area contributed by atoms with Gasteiger partial charge >= 0.3 is 0 Å². The molecule has 0 saturated heterocycles. The summed E-state index contributed by atoms with van der Waals surface area (Å²) in [5.41, 5.74) is 0. The van der Waals surface area contributed by atoms with Crippen molar-refractivity contribution in [2.45, 2.75) is 38.5 Å². The summed E-state index contributed by atoms with van der Waals surface area (Å²) in [4.78, 5) is 13.5. The summed E-state index contributed by atoms with van der Waals surface area (Å²) in [6.07, 6.45) is 8.57. The molecule has 1 aliphatic carbocycles. The Morgan fingerprint density at radius 1 is 1.44 bits per heavy atom. The molecule has 1 amide bonds. The first-order chi connectivity index (χ1) is 7.77. The quantitative estimate of drug-likeness (QED) is 0.673. The highest BCUT2D eigenvalue weighted by Gasteiger charge is 2.18. The first-order valence-electron chi connectivity index (χ1n) is 6.27. The Labute approximate surface area is 98.1 Å². The Hall–Kier alpha value is -0.830. The summed E-state index contributed by atoms with van der Waals surface area (Å²) in [5, 5.41) is 8.86. The van der Waals surface area contributed by atoms with Crippen LogP contribution in [-0.4, -0.2) is 35.6 Å². The summed E-state index contributed by atoms with van der Waals surface area (Å²) in [6.45, 7) is 4.63. The molecule has 0 radical (unpaired) electrons. The fourth-order valence-electron chi connectivity index (χ4n) is 2.38. The number of carbonyl (C=O) groups excluding carboxylic acids is 1. The molecule has 3 nitrogen and oxygen atoms in total. The molecule has 1 aliphatic rings. The molecule has 1 rings (SSSR count). The second kappa shape index (κ2) is 7.44. The molecule has 0 unspecified atom stereocenters. The lowest BCUT2D eigenvalue weighted by Gasteiger charge is -2.20. The Morgan fingerprint density at radius 3 is 2.69 bits per heavy atom. The van der Waals surface area contributed by atoms with Gasteiger partial charge in [-0.05, 0) is 12.3 Å². The summed E-state index contributed by atoms with van der Waals surface area (Å²) in [5.74, 6) is 0.907. The maximum Gasteiger partial charge on any atom is 0.222 e. The van der Waals surface area contributed by atoms with E-state index in [4.69, 9.17) is 5.11 Å². The lowest BCUT2D eigenvalue weighted by Crippen LogP contribution is -2.33. The third-order valence-corrected chi connectivity index (χ3v) is 3.31. The third-order valence-electron chi connectivity index (χ3n) is 3.31. The average molecular weight is 225 g/mol. The van der Waals surface area contributed by atoms with Crippen LogP contribution in [0.3, 0.4) is 0 Å². The van der Waals surface area contributed by atoms with Crippen LogP contribution in [0.25, 0.3) is 0 Å². The van der Waals surface area contributed by atoms with Gasteiger partial charge in [-0.15, -0.1) is 6.58 Å². The Bertz CT molecular complexity index is 222. The Kier molecular flexibility index (Phi) is 6.16. The van der Waals surface area contributed by atoms with Gasteiger partial charge in [-0.25, -0.2) is 0 Å². The van der Waals surface area contributed by atoms with E-state index < -0.39 is 0 Å². The molecule has 0 atom stereocenters. The van der Waals surface area contributed by atoms with Crippen molar-refractivity contribution in [1.82, 2.24) is 4.90 Å². The van der Waals surface area contributed by atoms with Gasteiger partial charge in [0.05, 0.1) is 6.61 Å². The van der Waals surface area contributed by atoms with E-state index in [2.05, 4.69) is 6.58 Å². The SMILES string of the molecule is C=CCN(CCO)C(=O)CCC1CCCC1. The van der Waals surface area contributed by atoms with Crippen LogP contribution in [0.2, 0.25) is 0 Å². The van der Waals surface area contributed by atoms with Crippen molar-refractivity contribution in [2.75, 3.05) is 19.7 Å². The zero-order valence-electron chi connectivity index (χ0n) is 10.0. The van der Waals surface area contributed by atoms with Crippen LogP contribution >= 0.6 is 0 Å². The van der Waals surface area contributed by atoms with Crippen molar-refractivity contribution >= 4 is 5.91 Å². The predicted molar refractivity (Wildman–Crippen MR) is 65.1 cm³/mol. The molecule has 1 N–H and O–H groups in total. The van der Waals surface area contributed by atoms with Crippen molar-refractivity contribution in [3.63, 3.8) is 0 Å². The van der Waals surface area contributed by atoms with Crippen LogP contribution in [0.4, 0.5) is 0 Å². The lowest BCUT2D eigenvalue weighted by molar-refractivity contribution is -0.131. The number of aliphatic hydroxyl groups excluding tert-OH is 1. The number of rotatable bonds is 7. The van der Waals surface area contributed by atoms with E-state index in [1.807, 2.05) is 0 Å². The van der Waals surface area contributed by atoms with Crippen LogP contribution in [0.1, 0.15) is 38.5 Å². The minimum absolute atomic E-state index is 0.0308. The van der Waals surface area contributed by atoms with Crippen LogP contribution in [-0.2, 0) is 4.79 Å². The van der Waals surface area contributed by atoms with Gasteiger partial charge < -0.3 is 10.0 Å². The number of nitrogens with zero attached hydrogens (tertiary/aromatic N) is 1. The molecule has 16 heavy (non-hydrogen) atoms. The van der Waals surface area contributed by atoms with Crippen molar-refractivity contribution in [3.8, 4) is 0 Å². The monoisotopic (exact) mass is 225 g/mol. The maximum atomic E-state index is 11.8. The highest BCUT2D eigenvalue weighted by Crippen LogP contribution is 2.28. The first kappa shape index (κ1) is 13.2. The van der Waals surface area contributed by atoms with Crippen molar-refractivity contribution < 1.29 is 9.90 Å². The fraction of sp³-hybridized carbons (Fsp3) is 0.769. The highest BCUT2D eigenvalue weighted by molar-refractivity contribution is 5.76. The Balaban J connectivity index is 2.26. The highest BCUT2D eigenvalue weighted by atomic mass is 16.3. The number of hydrogen-bond acceptors (Lipinski definition) is 2. The normalized spacial score (nSPS) is 16.3. The number of hydrogen-bond donors (Lipinski definition) is 1. The van der Waals surface area contributed by atoms with Crippen molar-refractivity contribution in [1.29, 1.82) is 0 Å². The smallest absolute Gasteiger partial charge is 0.222 e. The molecule has 1 fully saturated rings. The molecular formula is C13H23NO2. The molecule has 0 spiro atoms. The molecule has 0 aromatic carbocycles. The molecule has 0 aromatic rings. The van der Waals surface area contributed by atoms with E-state index in [0.717, 1.165) is 12.3 Å². The van der Waals surface area contributed by atoms with Gasteiger partial charge in [0.25, 0.3) is 0 Å². The van der Waals surface area contributed by atoms with Gasteiger partial charge in [-0.2, -0.15) is 0 Å². The summed E-state index contributed by atoms with van der Waals surface area (Å²) >= 11 is 0. The van der Waals surface area contributed by atoms with Crippen molar-refractivity contribution in [3.05, 3.63) is 12.7 Å². The minimum Gasteiger partial charge on any atom is -0.395 e. The van der Waals surface area contributed by atoms with Crippen molar-refractivity contribution in [2.24, 2.45) is 5.92 Å². The van der Waals surface area contributed by atoms with E-state index in [1.165, 1.54) is 25.7 Å². The molecule has 1 saturated carbocycles. The largest absolute Gasteiger partial charge is 0.395 e. The van der Waals surface area contributed by atoms with Crippen LogP contribution in [0, 0.1) is 5.92 Å². The number of aliphatic hydroxyl groups is 1. The molecule has 0 heterocycles. The molecule has 0 aromatic heterocycles.